The van der Waals surface area contributed by atoms with E-state index in [1.165, 1.54) is 18.4 Å². The third kappa shape index (κ3) is 5.01. The zero-order chi connectivity index (χ0) is 18.4. The number of hydrogen-bond acceptors (Lipinski definition) is 5. The molecule has 0 spiro atoms. The number of benzene rings is 1. The van der Waals surface area contributed by atoms with Gasteiger partial charge >= 0.3 is 6.09 Å². The van der Waals surface area contributed by atoms with Crippen molar-refractivity contribution in [3.8, 4) is 11.1 Å². The number of carbonyl (C=O) groups is 2. The van der Waals surface area contributed by atoms with Gasteiger partial charge in [0.15, 0.2) is 5.11 Å². The van der Waals surface area contributed by atoms with Gasteiger partial charge in [-0.05, 0) is 17.8 Å². The van der Waals surface area contributed by atoms with Crippen molar-refractivity contribution in [2.75, 3.05) is 17.7 Å². The molecule has 6 nitrogen and oxygen atoms in total. The molecule has 0 atom stereocenters. The van der Waals surface area contributed by atoms with Crippen LogP contribution in [0.3, 0.4) is 0 Å². The van der Waals surface area contributed by atoms with E-state index in [-0.39, 0.29) is 16.9 Å². The minimum atomic E-state index is -0.665. The van der Waals surface area contributed by atoms with Crippen molar-refractivity contribution in [2.45, 2.75) is 13.8 Å². The van der Waals surface area contributed by atoms with Gasteiger partial charge in [-0.1, -0.05) is 44.2 Å². The van der Waals surface area contributed by atoms with E-state index in [0.717, 1.165) is 11.1 Å². The van der Waals surface area contributed by atoms with Crippen LogP contribution in [0.2, 0.25) is 0 Å². The van der Waals surface area contributed by atoms with E-state index in [1.807, 2.05) is 49.6 Å². The summed E-state index contributed by atoms with van der Waals surface area (Å²) in [6, 6.07) is 9.69. The normalized spacial score (nSPS) is 10.2. The van der Waals surface area contributed by atoms with Crippen molar-refractivity contribution in [1.29, 1.82) is 0 Å². The van der Waals surface area contributed by atoms with Crippen molar-refractivity contribution in [3.05, 3.63) is 35.7 Å². The highest BCUT2D eigenvalue weighted by atomic mass is 32.1. The van der Waals surface area contributed by atoms with Crippen LogP contribution in [-0.2, 0) is 9.53 Å². The number of methoxy groups -OCH3 is 1. The Balaban J connectivity index is 2.34. The molecule has 0 unspecified atom stereocenters. The molecule has 2 amide bonds. The molecule has 132 valence electrons. The largest absolute Gasteiger partial charge is 0.453 e. The van der Waals surface area contributed by atoms with Crippen molar-refractivity contribution in [3.63, 3.8) is 0 Å². The second-order valence-electron chi connectivity index (χ2n) is 5.43. The Hall–Kier alpha value is -2.45. The summed E-state index contributed by atoms with van der Waals surface area (Å²) in [5, 5.41) is 10.9. The highest BCUT2D eigenvalue weighted by molar-refractivity contribution is 7.80. The van der Waals surface area contributed by atoms with E-state index < -0.39 is 6.09 Å². The molecule has 0 aliphatic rings. The van der Waals surface area contributed by atoms with Crippen molar-refractivity contribution >= 4 is 51.4 Å². The third-order valence-electron chi connectivity index (χ3n) is 3.28. The summed E-state index contributed by atoms with van der Waals surface area (Å²) < 4.78 is 4.54. The monoisotopic (exact) mass is 377 g/mol. The molecule has 1 aromatic carbocycles. The van der Waals surface area contributed by atoms with Crippen LogP contribution in [0.25, 0.3) is 11.1 Å². The Labute approximate surface area is 155 Å². The van der Waals surface area contributed by atoms with Crippen LogP contribution in [0, 0.1) is 5.92 Å². The molecule has 1 heterocycles. The molecular weight excluding hydrogens is 358 g/mol. The first kappa shape index (κ1) is 18.9. The minimum absolute atomic E-state index is 0.0856. The van der Waals surface area contributed by atoms with Gasteiger partial charge in [0.1, 0.15) is 5.00 Å². The molecule has 0 radical (unpaired) electrons. The lowest BCUT2D eigenvalue weighted by Gasteiger charge is -2.13. The minimum Gasteiger partial charge on any atom is -0.453 e. The predicted molar refractivity (Wildman–Crippen MR) is 105 cm³/mol. The van der Waals surface area contributed by atoms with E-state index in [2.05, 4.69) is 20.7 Å². The van der Waals surface area contributed by atoms with Crippen LogP contribution in [0.1, 0.15) is 13.8 Å². The lowest BCUT2D eigenvalue weighted by atomic mass is 10.1. The fraction of sp³-hybridized carbons (Fsp3) is 0.235. The summed E-state index contributed by atoms with van der Waals surface area (Å²) in [6.07, 6.45) is -0.665. The number of alkyl carbamates (subject to hydrolysis) is 1. The number of amides is 2. The molecule has 2 aromatic rings. The summed E-state index contributed by atoms with van der Waals surface area (Å²) in [5.74, 6) is -0.258. The molecule has 1 aromatic heterocycles. The van der Waals surface area contributed by atoms with Gasteiger partial charge < -0.3 is 15.4 Å². The van der Waals surface area contributed by atoms with Gasteiger partial charge in [0.25, 0.3) is 0 Å². The maximum absolute atomic E-state index is 12.1. The smallest absolute Gasteiger partial charge is 0.413 e. The number of anilines is 2. The maximum atomic E-state index is 12.1. The molecule has 0 saturated carbocycles. The molecule has 0 fully saturated rings. The molecule has 0 saturated heterocycles. The quantitative estimate of drug-likeness (QED) is 0.700. The molecule has 0 aliphatic carbocycles. The lowest BCUT2D eigenvalue weighted by Crippen LogP contribution is -2.34. The van der Waals surface area contributed by atoms with Crippen molar-refractivity contribution < 1.29 is 14.3 Å². The zero-order valence-electron chi connectivity index (χ0n) is 14.1. The number of rotatable bonds is 4. The number of carbonyl (C=O) groups excluding carboxylic acids is 2. The van der Waals surface area contributed by atoms with Gasteiger partial charge in [-0.15, -0.1) is 11.3 Å². The average Bonchev–Trinajstić information content (AvgIpc) is 2.97. The Morgan fingerprint density at radius 3 is 2.44 bits per heavy atom. The van der Waals surface area contributed by atoms with Gasteiger partial charge in [-0.2, -0.15) is 0 Å². The summed E-state index contributed by atoms with van der Waals surface area (Å²) in [7, 11) is 1.26. The van der Waals surface area contributed by atoms with E-state index in [9.17, 15) is 9.59 Å². The Morgan fingerprint density at radius 2 is 1.84 bits per heavy atom. The van der Waals surface area contributed by atoms with Crippen molar-refractivity contribution in [1.82, 2.24) is 5.32 Å². The number of hydrogen-bond donors (Lipinski definition) is 3. The first-order chi connectivity index (χ1) is 11.9. The molecule has 0 bridgehead atoms. The Bertz CT molecular complexity index is 773. The van der Waals surface area contributed by atoms with Gasteiger partial charge in [0, 0.05) is 16.9 Å². The van der Waals surface area contributed by atoms with Crippen LogP contribution in [-0.4, -0.2) is 24.2 Å². The molecule has 3 N–H and O–H groups in total. The van der Waals surface area contributed by atoms with Gasteiger partial charge in [-0.3, -0.25) is 10.1 Å². The van der Waals surface area contributed by atoms with Crippen LogP contribution < -0.4 is 16.0 Å². The number of thiocarbonyl (C=S) groups is 1. The lowest BCUT2D eigenvalue weighted by molar-refractivity contribution is -0.118. The highest BCUT2D eigenvalue weighted by Crippen LogP contribution is 2.40. The second-order valence-corrected chi connectivity index (χ2v) is 6.72. The van der Waals surface area contributed by atoms with Crippen LogP contribution in [0.15, 0.2) is 35.7 Å². The Kier molecular flexibility index (Phi) is 6.49. The van der Waals surface area contributed by atoms with E-state index >= 15 is 0 Å². The molecule has 8 heteroatoms. The Morgan fingerprint density at radius 1 is 1.16 bits per heavy atom. The number of ether oxygens (including phenoxy) is 1. The first-order valence-corrected chi connectivity index (χ1v) is 8.85. The van der Waals surface area contributed by atoms with Crippen LogP contribution in [0.5, 0.6) is 0 Å². The molecule has 25 heavy (non-hydrogen) atoms. The highest BCUT2D eigenvalue weighted by Gasteiger charge is 2.18. The zero-order valence-corrected chi connectivity index (χ0v) is 15.7. The van der Waals surface area contributed by atoms with Gasteiger partial charge in [-0.25, -0.2) is 4.79 Å². The summed E-state index contributed by atoms with van der Waals surface area (Å²) >= 11 is 6.53. The predicted octanol–water partition coefficient (Wildman–Crippen LogP) is 4.06. The second kappa shape index (κ2) is 8.59. The van der Waals surface area contributed by atoms with Crippen molar-refractivity contribution in [2.24, 2.45) is 5.92 Å². The van der Waals surface area contributed by atoms with Gasteiger partial charge in [0.2, 0.25) is 5.91 Å². The topological polar surface area (TPSA) is 79.5 Å². The van der Waals surface area contributed by atoms with E-state index in [4.69, 9.17) is 12.2 Å². The standard InChI is InChI=1S/C17H19N3O3S2/c1-10(2)14(21)19-15-13(18-16(24)20-17(22)23-3)12(9-25-15)11-7-5-4-6-8-11/h4-10H,1-3H3,(H,19,21)(H2,18,20,22,24). The van der Waals surface area contributed by atoms with Crippen LogP contribution >= 0.6 is 23.6 Å². The van der Waals surface area contributed by atoms with Gasteiger partial charge in [0.05, 0.1) is 12.8 Å². The fourth-order valence-electron chi connectivity index (χ4n) is 1.95. The summed E-state index contributed by atoms with van der Waals surface area (Å²) in [4.78, 5) is 23.4. The number of nitrogens with one attached hydrogen (secondary N) is 3. The van der Waals surface area contributed by atoms with E-state index in [0.29, 0.717) is 10.7 Å². The molecular formula is C17H19N3O3S2. The molecule has 2 rings (SSSR count). The third-order valence-corrected chi connectivity index (χ3v) is 4.38. The first-order valence-electron chi connectivity index (χ1n) is 7.56. The summed E-state index contributed by atoms with van der Waals surface area (Å²) in [5.41, 5.74) is 2.47. The average molecular weight is 377 g/mol. The summed E-state index contributed by atoms with van der Waals surface area (Å²) in [6.45, 7) is 3.63. The number of thiophene rings is 1. The SMILES string of the molecule is COC(=O)NC(=S)Nc1c(-c2ccccc2)csc1NC(=O)C(C)C. The fourth-order valence-corrected chi connectivity index (χ4v) is 3.06. The van der Waals surface area contributed by atoms with Crippen LogP contribution in [0.4, 0.5) is 15.5 Å². The maximum Gasteiger partial charge on any atom is 0.413 e. The molecule has 0 aliphatic heterocycles. The van der Waals surface area contributed by atoms with E-state index in [1.54, 1.807) is 0 Å².